The molecule has 1 aromatic heterocycles. The lowest BCUT2D eigenvalue weighted by molar-refractivity contribution is -0.136. The molecule has 4 rings (SSSR count). The zero-order valence-electron chi connectivity index (χ0n) is 17.5. The quantitative estimate of drug-likeness (QED) is 0.799. The molecular formula is C22H27F3N4O2. The predicted molar refractivity (Wildman–Crippen MR) is 112 cm³/mol. The molecule has 1 aromatic carbocycles. The molecule has 1 amide bonds. The first-order valence-corrected chi connectivity index (χ1v) is 10.6. The SMILES string of the molecule is C[C@H]1C[C@@H](NC(=O)CN2CCOCC2)CN(c2ccc(C(F)(F)F)c3ncccc23)C1. The predicted octanol–water partition coefficient (Wildman–Crippen LogP) is 2.92. The van der Waals surface area contributed by atoms with E-state index in [0.29, 0.717) is 38.2 Å². The first-order valence-electron chi connectivity index (χ1n) is 10.6. The van der Waals surface area contributed by atoms with Crippen LogP contribution in [0.1, 0.15) is 18.9 Å². The van der Waals surface area contributed by atoms with Crippen molar-refractivity contribution >= 4 is 22.5 Å². The van der Waals surface area contributed by atoms with Crippen molar-refractivity contribution in [1.82, 2.24) is 15.2 Å². The number of hydrogen-bond acceptors (Lipinski definition) is 5. The summed E-state index contributed by atoms with van der Waals surface area (Å²) in [5.74, 6) is 0.261. The summed E-state index contributed by atoms with van der Waals surface area (Å²) < 4.78 is 45.6. The van der Waals surface area contributed by atoms with Crippen molar-refractivity contribution in [2.45, 2.75) is 25.6 Å². The molecule has 6 nitrogen and oxygen atoms in total. The number of hydrogen-bond donors (Lipinski definition) is 1. The number of nitrogens with one attached hydrogen (secondary N) is 1. The third kappa shape index (κ3) is 5.10. The first-order chi connectivity index (χ1) is 14.8. The van der Waals surface area contributed by atoms with E-state index in [0.717, 1.165) is 31.3 Å². The van der Waals surface area contributed by atoms with Gasteiger partial charge in [0.2, 0.25) is 5.91 Å². The van der Waals surface area contributed by atoms with Crippen molar-refractivity contribution in [2.75, 3.05) is 50.8 Å². The van der Waals surface area contributed by atoms with E-state index in [1.54, 1.807) is 12.1 Å². The molecule has 31 heavy (non-hydrogen) atoms. The maximum atomic E-state index is 13.4. The molecule has 0 bridgehead atoms. The number of halogens is 3. The van der Waals surface area contributed by atoms with E-state index in [-0.39, 0.29) is 23.4 Å². The molecule has 2 aromatic rings. The minimum absolute atomic E-state index is 0.0279. The highest BCUT2D eigenvalue weighted by atomic mass is 19.4. The molecular weight excluding hydrogens is 409 g/mol. The number of alkyl halides is 3. The zero-order chi connectivity index (χ0) is 22.0. The number of anilines is 1. The van der Waals surface area contributed by atoms with Crippen molar-refractivity contribution in [3.05, 3.63) is 36.0 Å². The molecule has 0 unspecified atom stereocenters. The lowest BCUT2D eigenvalue weighted by Crippen LogP contribution is -2.53. The van der Waals surface area contributed by atoms with E-state index in [1.165, 1.54) is 12.3 Å². The lowest BCUT2D eigenvalue weighted by Gasteiger charge is -2.39. The number of rotatable bonds is 4. The summed E-state index contributed by atoms with van der Waals surface area (Å²) in [5, 5.41) is 3.60. The van der Waals surface area contributed by atoms with Gasteiger partial charge in [0.25, 0.3) is 0 Å². The van der Waals surface area contributed by atoms with Gasteiger partial charge < -0.3 is 15.0 Å². The monoisotopic (exact) mass is 436 g/mol. The van der Waals surface area contributed by atoms with Crippen molar-refractivity contribution in [3.8, 4) is 0 Å². The molecule has 0 spiro atoms. The third-order valence-electron chi connectivity index (χ3n) is 5.89. The average molecular weight is 436 g/mol. The number of morpholine rings is 1. The molecule has 2 aliphatic heterocycles. The van der Waals surface area contributed by atoms with Gasteiger partial charge in [0.15, 0.2) is 0 Å². The van der Waals surface area contributed by atoms with E-state index in [2.05, 4.69) is 27.0 Å². The molecule has 2 fully saturated rings. The van der Waals surface area contributed by atoms with Crippen LogP contribution < -0.4 is 10.2 Å². The Morgan fingerprint density at radius 1 is 1.23 bits per heavy atom. The van der Waals surface area contributed by atoms with Crippen molar-refractivity contribution < 1.29 is 22.7 Å². The second-order valence-corrected chi connectivity index (χ2v) is 8.43. The Morgan fingerprint density at radius 2 is 2.00 bits per heavy atom. The summed E-state index contributed by atoms with van der Waals surface area (Å²) in [6.07, 6.45) is -2.24. The van der Waals surface area contributed by atoms with Crippen molar-refractivity contribution in [1.29, 1.82) is 0 Å². The molecule has 1 N–H and O–H groups in total. The van der Waals surface area contributed by atoms with Crippen LogP contribution in [0.3, 0.4) is 0 Å². The molecule has 0 saturated carbocycles. The first kappa shape index (κ1) is 21.8. The molecule has 2 aliphatic rings. The van der Waals surface area contributed by atoms with Gasteiger partial charge in [-0.1, -0.05) is 6.92 Å². The van der Waals surface area contributed by atoms with Crippen LogP contribution in [0.4, 0.5) is 18.9 Å². The standard InChI is InChI=1S/C22H27F3N4O2/c1-15-11-16(27-20(30)14-28-7-9-31-10-8-28)13-29(12-15)19-5-4-18(22(23,24)25)21-17(19)3-2-6-26-21/h2-6,15-16H,7-14H2,1H3,(H,27,30)/t15-,16+/m0/s1. The summed E-state index contributed by atoms with van der Waals surface area (Å²) in [6.45, 7) is 6.45. The number of nitrogens with zero attached hydrogens (tertiary/aromatic N) is 3. The van der Waals surface area contributed by atoms with E-state index in [9.17, 15) is 18.0 Å². The minimum atomic E-state index is -4.46. The molecule has 2 atom stereocenters. The number of carbonyl (C=O) groups is 1. The Hall–Kier alpha value is -2.39. The number of benzene rings is 1. The summed E-state index contributed by atoms with van der Waals surface area (Å²) in [6, 6.07) is 5.90. The maximum absolute atomic E-state index is 13.4. The molecule has 3 heterocycles. The summed E-state index contributed by atoms with van der Waals surface area (Å²) >= 11 is 0. The molecule has 0 radical (unpaired) electrons. The van der Waals surface area contributed by atoms with Gasteiger partial charge >= 0.3 is 6.18 Å². The Morgan fingerprint density at radius 3 is 2.74 bits per heavy atom. The Bertz CT molecular complexity index is 931. The summed E-state index contributed by atoms with van der Waals surface area (Å²) in [4.78, 5) is 20.7. The van der Waals surface area contributed by atoms with Crippen LogP contribution in [-0.2, 0) is 15.7 Å². The van der Waals surface area contributed by atoms with Gasteiger partial charge in [-0.05, 0) is 36.6 Å². The van der Waals surface area contributed by atoms with Crippen molar-refractivity contribution in [3.63, 3.8) is 0 Å². The smallest absolute Gasteiger partial charge is 0.379 e. The third-order valence-corrected chi connectivity index (χ3v) is 5.89. The number of piperidine rings is 1. The number of carbonyl (C=O) groups excluding carboxylic acids is 1. The van der Waals surface area contributed by atoms with Gasteiger partial charge in [-0.2, -0.15) is 13.2 Å². The minimum Gasteiger partial charge on any atom is -0.379 e. The van der Waals surface area contributed by atoms with Crippen molar-refractivity contribution in [2.24, 2.45) is 5.92 Å². The van der Waals surface area contributed by atoms with Crippen LogP contribution in [0.5, 0.6) is 0 Å². The Kier molecular flexibility index (Phi) is 6.34. The van der Waals surface area contributed by atoms with Crippen LogP contribution in [0.15, 0.2) is 30.5 Å². The van der Waals surface area contributed by atoms with Gasteiger partial charge in [0.1, 0.15) is 0 Å². The fourth-order valence-corrected chi connectivity index (χ4v) is 4.55. The molecule has 2 saturated heterocycles. The van der Waals surface area contributed by atoms with Gasteiger partial charge in [0.05, 0.1) is 30.8 Å². The fourth-order valence-electron chi connectivity index (χ4n) is 4.55. The molecule has 168 valence electrons. The summed E-state index contributed by atoms with van der Waals surface area (Å²) in [5.41, 5.74) is -0.0546. The molecule has 9 heteroatoms. The Labute approximate surface area is 179 Å². The normalized spacial score (nSPS) is 23.2. The van der Waals surface area contributed by atoms with Crippen LogP contribution >= 0.6 is 0 Å². The summed E-state index contributed by atoms with van der Waals surface area (Å²) in [7, 11) is 0. The highest BCUT2D eigenvalue weighted by molar-refractivity contribution is 5.94. The van der Waals surface area contributed by atoms with E-state index in [4.69, 9.17) is 4.74 Å². The molecule has 0 aliphatic carbocycles. The highest BCUT2D eigenvalue weighted by Crippen LogP contribution is 2.38. The number of fused-ring (bicyclic) bond motifs is 1. The van der Waals surface area contributed by atoms with Gasteiger partial charge in [-0.15, -0.1) is 0 Å². The maximum Gasteiger partial charge on any atom is 0.418 e. The second-order valence-electron chi connectivity index (χ2n) is 8.43. The van der Waals surface area contributed by atoms with E-state index in [1.807, 2.05) is 0 Å². The van der Waals surface area contributed by atoms with E-state index >= 15 is 0 Å². The van der Waals surface area contributed by atoms with Crippen LogP contribution in [0.25, 0.3) is 10.9 Å². The lowest BCUT2D eigenvalue weighted by atomic mass is 9.94. The van der Waals surface area contributed by atoms with Gasteiger partial charge in [0, 0.05) is 49.5 Å². The zero-order valence-corrected chi connectivity index (χ0v) is 17.5. The fraction of sp³-hybridized carbons (Fsp3) is 0.545. The average Bonchev–Trinajstić information content (AvgIpc) is 2.72. The highest BCUT2D eigenvalue weighted by Gasteiger charge is 2.35. The second kappa shape index (κ2) is 9.00. The Balaban J connectivity index is 1.52. The van der Waals surface area contributed by atoms with Gasteiger partial charge in [-0.3, -0.25) is 14.7 Å². The van der Waals surface area contributed by atoms with Crippen LogP contribution in [0.2, 0.25) is 0 Å². The largest absolute Gasteiger partial charge is 0.418 e. The van der Waals surface area contributed by atoms with Crippen LogP contribution in [0, 0.1) is 5.92 Å². The van der Waals surface area contributed by atoms with E-state index < -0.39 is 11.7 Å². The van der Waals surface area contributed by atoms with Crippen LogP contribution in [-0.4, -0.2) is 67.8 Å². The number of aromatic nitrogens is 1. The number of pyridine rings is 1. The topological polar surface area (TPSA) is 57.7 Å². The number of ether oxygens (including phenoxy) is 1. The van der Waals surface area contributed by atoms with Gasteiger partial charge in [-0.25, -0.2) is 0 Å². The number of amides is 1.